The zero-order valence-electron chi connectivity index (χ0n) is 16.3. The normalized spacial score (nSPS) is 24.0. The predicted molar refractivity (Wildman–Crippen MR) is 115 cm³/mol. The summed E-state index contributed by atoms with van der Waals surface area (Å²) in [6.45, 7) is 9.47. The Balaban J connectivity index is 1.94. The highest BCUT2D eigenvalue weighted by molar-refractivity contribution is 6.10. The van der Waals surface area contributed by atoms with Crippen LogP contribution >= 0.6 is 0 Å². The monoisotopic (exact) mass is 340 g/mol. The Morgan fingerprint density at radius 3 is 2.08 bits per heavy atom. The summed E-state index contributed by atoms with van der Waals surface area (Å²) in [6, 6.07) is 19.9. The van der Waals surface area contributed by atoms with E-state index in [4.69, 9.17) is 0 Å². The quantitative estimate of drug-likeness (QED) is 0.430. The van der Waals surface area contributed by atoms with Crippen LogP contribution in [0, 0.1) is 17.3 Å². The van der Waals surface area contributed by atoms with Crippen LogP contribution in [0.3, 0.4) is 0 Å². The smallest absolute Gasteiger partial charge is 0.00300 e. The molecule has 4 rings (SSSR count). The first-order valence-corrected chi connectivity index (χ1v) is 9.86. The van der Waals surface area contributed by atoms with Crippen molar-refractivity contribution in [2.24, 2.45) is 17.3 Å². The molecule has 1 aliphatic rings. The molecule has 3 aromatic rings. The molecule has 0 nitrogen and oxygen atoms in total. The molecular weight excluding hydrogens is 312 g/mol. The molecule has 0 heteroatoms. The fourth-order valence-corrected chi connectivity index (χ4v) is 4.47. The van der Waals surface area contributed by atoms with Crippen LogP contribution in [0.4, 0.5) is 0 Å². The molecule has 0 N–H and O–H groups in total. The van der Waals surface area contributed by atoms with Gasteiger partial charge < -0.3 is 0 Å². The zero-order valence-corrected chi connectivity index (χ0v) is 16.3. The molecule has 0 heterocycles. The summed E-state index contributed by atoms with van der Waals surface area (Å²) in [4.78, 5) is 0. The lowest BCUT2D eigenvalue weighted by molar-refractivity contribution is 0.205. The highest BCUT2D eigenvalue weighted by Gasteiger charge is 2.34. The van der Waals surface area contributed by atoms with Gasteiger partial charge in [-0.3, -0.25) is 0 Å². The maximum absolute atomic E-state index is 2.50. The molecule has 1 unspecified atom stereocenters. The average Bonchev–Trinajstić information content (AvgIpc) is 2.67. The number of hydrogen-bond acceptors (Lipinski definition) is 0. The number of hydrogen-bond donors (Lipinski definition) is 0. The second-order valence-electron chi connectivity index (χ2n) is 8.11. The van der Waals surface area contributed by atoms with E-state index in [0.717, 1.165) is 0 Å². The van der Waals surface area contributed by atoms with Gasteiger partial charge in [-0.05, 0) is 56.0 Å². The van der Waals surface area contributed by atoms with Crippen molar-refractivity contribution in [2.75, 3.05) is 0 Å². The van der Waals surface area contributed by atoms with E-state index >= 15 is 0 Å². The van der Waals surface area contributed by atoms with Crippen LogP contribution in [-0.4, -0.2) is 0 Å². The Morgan fingerprint density at radius 1 is 0.962 bits per heavy atom. The van der Waals surface area contributed by atoms with Crippen LogP contribution < -0.4 is 0 Å². The number of allylic oxidation sites excluding steroid dienone is 4. The van der Waals surface area contributed by atoms with Crippen molar-refractivity contribution in [1.29, 1.82) is 0 Å². The molecule has 1 aliphatic carbocycles. The van der Waals surface area contributed by atoms with E-state index in [2.05, 4.69) is 101 Å². The number of rotatable bonds is 3. The minimum Gasteiger partial charge on any atom is -0.0771 e. The van der Waals surface area contributed by atoms with Crippen LogP contribution in [0.5, 0.6) is 0 Å². The molecule has 0 saturated carbocycles. The fourth-order valence-electron chi connectivity index (χ4n) is 4.47. The van der Waals surface area contributed by atoms with Gasteiger partial charge in [-0.1, -0.05) is 101 Å². The van der Waals surface area contributed by atoms with E-state index in [1.54, 1.807) is 0 Å². The van der Waals surface area contributed by atoms with Crippen molar-refractivity contribution in [2.45, 2.75) is 34.1 Å². The minimum absolute atomic E-state index is 0.235. The molecule has 0 aromatic heterocycles. The van der Waals surface area contributed by atoms with Gasteiger partial charge in [0, 0.05) is 0 Å². The molecule has 132 valence electrons. The maximum Gasteiger partial charge on any atom is -0.00300 e. The topological polar surface area (TPSA) is 0 Å². The lowest BCUT2D eigenvalue weighted by Gasteiger charge is -2.39. The third-order valence-electron chi connectivity index (χ3n) is 6.77. The molecule has 3 atom stereocenters. The van der Waals surface area contributed by atoms with Gasteiger partial charge >= 0.3 is 0 Å². The second kappa shape index (κ2) is 6.43. The zero-order chi connectivity index (χ0) is 18.3. The summed E-state index contributed by atoms with van der Waals surface area (Å²) in [7, 11) is 0. The van der Waals surface area contributed by atoms with Gasteiger partial charge in [0.1, 0.15) is 0 Å². The van der Waals surface area contributed by atoms with Gasteiger partial charge in [-0.25, -0.2) is 0 Å². The SMILES string of the molecule is CC[C@@H](C)C1(C)C=CC(c2c3ccccc3cc3ccccc23)=C[C@@H]1C. The van der Waals surface area contributed by atoms with Crippen molar-refractivity contribution < 1.29 is 0 Å². The van der Waals surface area contributed by atoms with Crippen molar-refractivity contribution in [3.8, 4) is 0 Å². The van der Waals surface area contributed by atoms with Crippen molar-refractivity contribution in [3.05, 3.63) is 78.4 Å². The Bertz CT molecular complexity index is 967. The standard InChI is InChI=1S/C26H28/c1-5-18(2)26(4)15-14-22(16-19(26)3)25-23-12-8-6-10-20(23)17-21-11-7-9-13-24(21)25/h6-19H,5H2,1-4H3/t18-,19+,26?/m1/s1. The van der Waals surface area contributed by atoms with E-state index < -0.39 is 0 Å². The molecule has 3 aromatic carbocycles. The van der Waals surface area contributed by atoms with Crippen molar-refractivity contribution in [1.82, 2.24) is 0 Å². The average molecular weight is 341 g/mol. The van der Waals surface area contributed by atoms with E-state index in [-0.39, 0.29) is 5.41 Å². The first-order valence-electron chi connectivity index (χ1n) is 9.86. The van der Waals surface area contributed by atoms with Crippen LogP contribution in [0.15, 0.2) is 72.8 Å². The Hall–Kier alpha value is -2.34. The summed E-state index contributed by atoms with van der Waals surface area (Å²) < 4.78 is 0. The van der Waals surface area contributed by atoms with Gasteiger partial charge in [0.25, 0.3) is 0 Å². The van der Waals surface area contributed by atoms with Crippen molar-refractivity contribution >= 4 is 27.1 Å². The predicted octanol–water partition coefficient (Wildman–Crippen LogP) is 7.63. The third kappa shape index (κ3) is 2.60. The van der Waals surface area contributed by atoms with Crippen LogP contribution in [-0.2, 0) is 0 Å². The van der Waals surface area contributed by atoms with E-state index in [1.807, 2.05) is 0 Å². The highest BCUT2D eigenvalue weighted by atomic mass is 14.4. The molecule has 0 spiro atoms. The first kappa shape index (κ1) is 17.1. The molecule has 0 amide bonds. The van der Waals surface area contributed by atoms with E-state index in [1.165, 1.54) is 39.1 Å². The molecule has 0 saturated heterocycles. The van der Waals surface area contributed by atoms with Crippen LogP contribution in [0.25, 0.3) is 27.1 Å². The van der Waals surface area contributed by atoms with Gasteiger partial charge in [-0.2, -0.15) is 0 Å². The summed E-state index contributed by atoms with van der Waals surface area (Å²) >= 11 is 0. The molecule has 0 radical (unpaired) electrons. The van der Waals surface area contributed by atoms with E-state index in [9.17, 15) is 0 Å². The molecular formula is C26H28. The minimum atomic E-state index is 0.235. The molecule has 0 bridgehead atoms. The van der Waals surface area contributed by atoms with Gasteiger partial charge in [0.2, 0.25) is 0 Å². The maximum atomic E-state index is 2.50. The van der Waals surface area contributed by atoms with Gasteiger partial charge in [-0.15, -0.1) is 0 Å². The number of benzene rings is 3. The molecule has 0 fully saturated rings. The largest absolute Gasteiger partial charge is 0.0771 e. The lowest BCUT2D eigenvalue weighted by atomic mass is 9.65. The fraction of sp³-hybridized carbons (Fsp3) is 0.308. The third-order valence-corrected chi connectivity index (χ3v) is 6.77. The van der Waals surface area contributed by atoms with E-state index in [0.29, 0.717) is 11.8 Å². The van der Waals surface area contributed by atoms with Crippen molar-refractivity contribution in [3.63, 3.8) is 0 Å². The Kier molecular flexibility index (Phi) is 4.23. The van der Waals surface area contributed by atoms with Crippen LogP contribution in [0.2, 0.25) is 0 Å². The summed E-state index contributed by atoms with van der Waals surface area (Å²) in [5.41, 5.74) is 2.98. The second-order valence-corrected chi connectivity index (χ2v) is 8.11. The van der Waals surface area contributed by atoms with Gasteiger partial charge in [0.05, 0.1) is 0 Å². The molecule has 26 heavy (non-hydrogen) atoms. The summed E-state index contributed by atoms with van der Waals surface area (Å²) in [5.74, 6) is 1.20. The Labute approximate surface area is 157 Å². The highest BCUT2D eigenvalue weighted by Crippen LogP contribution is 2.46. The lowest BCUT2D eigenvalue weighted by Crippen LogP contribution is -2.31. The van der Waals surface area contributed by atoms with Crippen LogP contribution in [0.1, 0.15) is 39.7 Å². The van der Waals surface area contributed by atoms with Gasteiger partial charge in [0.15, 0.2) is 0 Å². The molecule has 0 aliphatic heterocycles. The Morgan fingerprint density at radius 2 is 1.54 bits per heavy atom. The summed E-state index contributed by atoms with van der Waals surface area (Å²) in [5, 5.41) is 5.33. The first-order chi connectivity index (χ1) is 12.5. The summed E-state index contributed by atoms with van der Waals surface area (Å²) in [6.07, 6.45) is 8.56. The number of fused-ring (bicyclic) bond motifs is 2.